The summed E-state index contributed by atoms with van der Waals surface area (Å²) in [5.41, 5.74) is 2.41. The van der Waals surface area contributed by atoms with Gasteiger partial charge in [0, 0.05) is 18.8 Å². The van der Waals surface area contributed by atoms with Crippen molar-refractivity contribution in [3.8, 4) is 0 Å². The zero-order chi connectivity index (χ0) is 12.6. The van der Waals surface area contributed by atoms with Gasteiger partial charge in [-0.25, -0.2) is 0 Å². The average molecular weight is 243 g/mol. The van der Waals surface area contributed by atoms with Gasteiger partial charge in [0.05, 0.1) is 0 Å². The van der Waals surface area contributed by atoms with Gasteiger partial charge in [-0.3, -0.25) is 4.79 Å². The first kappa shape index (κ1) is 12.9. The van der Waals surface area contributed by atoms with Crippen molar-refractivity contribution in [1.82, 2.24) is 0 Å². The Balaban J connectivity index is 2.19. The van der Waals surface area contributed by atoms with Crippen LogP contribution in [0.5, 0.6) is 0 Å². The number of carbonyl (C=O) groups excluding carboxylic acids is 1. The lowest BCUT2D eigenvalue weighted by molar-refractivity contribution is -0.104. The van der Waals surface area contributed by atoms with Gasteiger partial charge >= 0.3 is 0 Å². The van der Waals surface area contributed by atoms with Crippen LogP contribution in [0, 0.1) is 0 Å². The highest BCUT2D eigenvalue weighted by molar-refractivity contribution is 5.78. The van der Waals surface area contributed by atoms with E-state index < -0.39 is 0 Å². The van der Waals surface area contributed by atoms with Crippen LogP contribution in [-0.2, 0) is 4.79 Å². The van der Waals surface area contributed by atoms with Gasteiger partial charge in [-0.1, -0.05) is 37.5 Å². The molecule has 2 heteroatoms. The van der Waals surface area contributed by atoms with E-state index >= 15 is 0 Å². The molecule has 0 aromatic heterocycles. The summed E-state index contributed by atoms with van der Waals surface area (Å²) in [4.78, 5) is 12.9. The molecule has 0 N–H and O–H groups in total. The van der Waals surface area contributed by atoms with Gasteiger partial charge in [-0.15, -0.1) is 0 Å². The molecule has 18 heavy (non-hydrogen) atoms. The molecular weight excluding hydrogens is 222 g/mol. The number of hydrogen-bond donors (Lipinski definition) is 0. The van der Waals surface area contributed by atoms with E-state index in [1.165, 1.54) is 37.8 Å². The highest BCUT2D eigenvalue weighted by Gasteiger charge is 2.11. The van der Waals surface area contributed by atoms with Gasteiger partial charge < -0.3 is 4.90 Å². The summed E-state index contributed by atoms with van der Waals surface area (Å²) in [5, 5.41) is 0. The van der Waals surface area contributed by atoms with E-state index in [0.717, 1.165) is 24.9 Å². The molecule has 0 spiro atoms. The Morgan fingerprint density at radius 3 is 2.33 bits per heavy atom. The highest BCUT2D eigenvalue weighted by atomic mass is 16.1. The van der Waals surface area contributed by atoms with Crippen LogP contribution in [0.25, 0.3) is 6.08 Å². The van der Waals surface area contributed by atoms with E-state index in [1.807, 2.05) is 12.1 Å². The Kier molecular flexibility index (Phi) is 5.00. The second-order valence-electron chi connectivity index (χ2n) is 4.81. The van der Waals surface area contributed by atoms with Crippen molar-refractivity contribution < 1.29 is 4.79 Å². The third-order valence-electron chi connectivity index (χ3n) is 3.49. The largest absolute Gasteiger partial charge is 0.371 e. The first-order chi connectivity index (χ1) is 8.92. The van der Waals surface area contributed by atoms with Crippen molar-refractivity contribution >= 4 is 18.0 Å². The Bertz CT molecular complexity index is 403. The summed E-state index contributed by atoms with van der Waals surface area (Å²) in [5.74, 6) is 0. The van der Waals surface area contributed by atoms with Gasteiger partial charge in [0.25, 0.3) is 0 Å². The molecule has 0 bridgehead atoms. The van der Waals surface area contributed by atoms with Crippen LogP contribution in [0.1, 0.15) is 37.7 Å². The predicted molar refractivity (Wildman–Crippen MR) is 76.8 cm³/mol. The maximum Gasteiger partial charge on any atom is 0.142 e. The summed E-state index contributed by atoms with van der Waals surface area (Å²) in [6.45, 7) is 2.26. The summed E-state index contributed by atoms with van der Waals surface area (Å²) in [6.07, 6.45) is 10.9. The molecule has 1 saturated heterocycles. The third kappa shape index (κ3) is 3.46. The molecule has 1 aliphatic heterocycles. The smallest absolute Gasteiger partial charge is 0.142 e. The van der Waals surface area contributed by atoms with Gasteiger partial charge in [0.2, 0.25) is 0 Å². The maximum atomic E-state index is 10.5. The summed E-state index contributed by atoms with van der Waals surface area (Å²) in [6, 6.07) is 8.34. The molecule has 0 saturated carbocycles. The fraction of sp³-hybridized carbons (Fsp3) is 0.438. The fourth-order valence-corrected chi connectivity index (χ4v) is 2.55. The van der Waals surface area contributed by atoms with Crippen molar-refractivity contribution in [1.29, 1.82) is 0 Å². The monoisotopic (exact) mass is 243 g/mol. The zero-order valence-corrected chi connectivity index (χ0v) is 10.8. The number of para-hydroxylation sites is 1. The first-order valence-corrected chi connectivity index (χ1v) is 6.87. The second-order valence-corrected chi connectivity index (χ2v) is 4.81. The van der Waals surface area contributed by atoms with Crippen LogP contribution < -0.4 is 4.90 Å². The number of hydrogen-bond acceptors (Lipinski definition) is 2. The summed E-state index contributed by atoms with van der Waals surface area (Å²) in [7, 11) is 0. The lowest BCUT2D eigenvalue weighted by atomic mass is 10.1. The molecular formula is C16H21NO. The normalized spacial score (nSPS) is 17.4. The maximum absolute atomic E-state index is 10.5. The summed E-state index contributed by atoms with van der Waals surface area (Å²) >= 11 is 0. The molecule has 0 unspecified atom stereocenters. The number of aldehydes is 1. The van der Waals surface area contributed by atoms with Crippen LogP contribution in [-0.4, -0.2) is 19.4 Å². The molecule has 0 aliphatic carbocycles. The number of nitrogens with zero attached hydrogens (tertiary/aromatic N) is 1. The molecule has 2 rings (SSSR count). The van der Waals surface area contributed by atoms with E-state index in [9.17, 15) is 4.79 Å². The topological polar surface area (TPSA) is 20.3 Å². The number of benzene rings is 1. The van der Waals surface area contributed by atoms with Crippen LogP contribution in [0.3, 0.4) is 0 Å². The third-order valence-corrected chi connectivity index (χ3v) is 3.49. The first-order valence-electron chi connectivity index (χ1n) is 6.87. The second kappa shape index (κ2) is 7.00. The van der Waals surface area contributed by atoms with E-state index in [0.29, 0.717) is 0 Å². The van der Waals surface area contributed by atoms with Crippen LogP contribution in [0.2, 0.25) is 0 Å². The predicted octanol–water partition coefficient (Wildman–Crippen LogP) is 3.67. The molecule has 1 aromatic rings. The molecule has 96 valence electrons. The number of allylic oxidation sites excluding steroid dienone is 1. The minimum Gasteiger partial charge on any atom is -0.371 e. The average Bonchev–Trinajstić information content (AvgIpc) is 2.37. The van der Waals surface area contributed by atoms with Crippen LogP contribution in [0.15, 0.2) is 30.3 Å². The van der Waals surface area contributed by atoms with Crippen molar-refractivity contribution in [2.75, 3.05) is 18.0 Å². The minimum atomic E-state index is 0.838. The van der Waals surface area contributed by atoms with E-state index in [1.54, 1.807) is 6.08 Å². The van der Waals surface area contributed by atoms with E-state index in [-0.39, 0.29) is 0 Å². The van der Waals surface area contributed by atoms with Crippen molar-refractivity contribution in [2.45, 2.75) is 32.1 Å². The van der Waals surface area contributed by atoms with Crippen LogP contribution in [0.4, 0.5) is 5.69 Å². The number of rotatable bonds is 3. The van der Waals surface area contributed by atoms with Gasteiger partial charge in [0.15, 0.2) is 0 Å². The Morgan fingerprint density at radius 1 is 0.944 bits per heavy atom. The van der Waals surface area contributed by atoms with Gasteiger partial charge in [-0.05, 0) is 36.6 Å². The fourth-order valence-electron chi connectivity index (χ4n) is 2.55. The molecule has 2 nitrogen and oxygen atoms in total. The Morgan fingerprint density at radius 2 is 1.61 bits per heavy atom. The molecule has 0 atom stereocenters. The Hall–Kier alpha value is -1.57. The molecule has 1 heterocycles. The molecule has 0 radical (unpaired) electrons. The van der Waals surface area contributed by atoms with Crippen molar-refractivity contribution in [3.63, 3.8) is 0 Å². The molecule has 1 fully saturated rings. The Labute approximate surface area is 109 Å². The summed E-state index contributed by atoms with van der Waals surface area (Å²) < 4.78 is 0. The lowest BCUT2D eigenvalue weighted by Crippen LogP contribution is -2.27. The number of anilines is 1. The van der Waals surface area contributed by atoms with E-state index in [2.05, 4.69) is 23.1 Å². The van der Waals surface area contributed by atoms with Gasteiger partial charge in [0.1, 0.15) is 6.29 Å². The molecule has 0 amide bonds. The van der Waals surface area contributed by atoms with E-state index in [4.69, 9.17) is 0 Å². The number of carbonyl (C=O) groups is 1. The highest BCUT2D eigenvalue weighted by Crippen LogP contribution is 2.24. The molecule has 1 aromatic carbocycles. The zero-order valence-electron chi connectivity index (χ0n) is 10.8. The van der Waals surface area contributed by atoms with Crippen molar-refractivity contribution in [3.05, 3.63) is 35.9 Å². The lowest BCUT2D eigenvalue weighted by Gasteiger charge is -2.28. The van der Waals surface area contributed by atoms with Crippen LogP contribution >= 0.6 is 0 Å². The minimum absolute atomic E-state index is 0.838. The SMILES string of the molecule is O=C/C=C/c1ccccc1N1CCCCCCC1. The molecule has 1 aliphatic rings. The standard InChI is InChI=1S/C16H21NO/c18-14-8-10-15-9-4-5-11-16(15)17-12-6-2-1-3-7-13-17/h4-5,8-11,14H,1-3,6-7,12-13H2/b10-8+. The van der Waals surface area contributed by atoms with Crippen molar-refractivity contribution in [2.24, 2.45) is 0 Å². The quantitative estimate of drug-likeness (QED) is 0.596. The van der Waals surface area contributed by atoms with Gasteiger partial charge in [-0.2, -0.15) is 0 Å².